The third kappa shape index (κ3) is 3.14. The fourth-order valence-electron chi connectivity index (χ4n) is 3.98. The van der Waals surface area contributed by atoms with Gasteiger partial charge in [-0.3, -0.25) is 4.68 Å². The number of pyridine rings is 2. The second kappa shape index (κ2) is 7.41. The molecule has 0 atom stereocenters. The SMILES string of the molecule is CN[C@H]1C[C@@H](n2ncc(-c3cc(Sc4ncccc4F)c4c(N)cnn4c3)c2C)C1. The maximum absolute atomic E-state index is 14.2. The van der Waals surface area contributed by atoms with Crippen molar-refractivity contribution >= 4 is 23.0 Å². The van der Waals surface area contributed by atoms with Crippen molar-refractivity contribution in [1.29, 1.82) is 0 Å². The summed E-state index contributed by atoms with van der Waals surface area (Å²) in [5, 5.41) is 12.6. The van der Waals surface area contributed by atoms with Crippen LogP contribution in [0.5, 0.6) is 0 Å². The number of nitrogens with zero attached hydrogens (tertiary/aromatic N) is 5. The highest BCUT2D eigenvalue weighted by atomic mass is 32.2. The van der Waals surface area contributed by atoms with Crippen LogP contribution in [0.15, 0.2) is 52.9 Å². The summed E-state index contributed by atoms with van der Waals surface area (Å²) in [6.07, 6.45) is 9.18. The number of rotatable bonds is 5. The highest BCUT2D eigenvalue weighted by molar-refractivity contribution is 7.99. The van der Waals surface area contributed by atoms with Gasteiger partial charge in [-0.15, -0.1) is 0 Å². The van der Waals surface area contributed by atoms with E-state index in [0.29, 0.717) is 22.8 Å². The largest absolute Gasteiger partial charge is 0.396 e. The number of halogens is 1. The van der Waals surface area contributed by atoms with E-state index < -0.39 is 0 Å². The average Bonchev–Trinajstić information content (AvgIpc) is 3.26. The summed E-state index contributed by atoms with van der Waals surface area (Å²) in [6.45, 7) is 2.09. The van der Waals surface area contributed by atoms with Crippen molar-refractivity contribution in [2.75, 3.05) is 12.8 Å². The molecule has 0 radical (unpaired) electrons. The van der Waals surface area contributed by atoms with Gasteiger partial charge in [0.25, 0.3) is 0 Å². The van der Waals surface area contributed by atoms with Gasteiger partial charge < -0.3 is 11.1 Å². The van der Waals surface area contributed by atoms with Crippen LogP contribution in [0, 0.1) is 12.7 Å². The summed E-state index contributed by atoms with van der Waals surface area (Å²) in [5.41, 5.74) is 10.5. The second-order valence-corrected chi connectivity index (χ2v) is 8.61. The lowest BCUT2D eigenvalue weighted by molar-refractivity contribution is 0.217. The molecule has 4 heterocycles. The van der Waals surface area contributed by atoms with Gasteiger partial charge in [0.2, 0.25) is 0 Å². The molecule has 4 aromatic rings. The van der Waals surface area contributed by atoms with E-state index in [4.69, 9.17) is 5.73 Å². The van der Waals surface area contributed by atoms with Crippen LogP contribution in [-0.2, 0) is 0 Å². The molecule has 5 rings (SSSR count). The minimum absolute atomic E-state index is 0.303. The molecule has 154 valence electrons. The van der Waals surface area contributed by atoms with Crippen LogP contribution in [0.4, 0.5) is 10.1 Å². The first-order valence-electron chi connectivity index (χ1n) is 9.82. The Morgan fingerprint density at radius 2 is 2.10 bits per heavy atom. The molecule has 1 aliphatic carbocycles. The van der Waals surface area contributed by atoms with Gasteiger partial charge in [-0.2, -0.15) is 10.2 Å². The van der Waals surface area contributed by atoms with E-state index in [0.717, 1.165) is 40.1 Å². The lowest BCUT2D eigenvalue weighted by atomic mass is 9.87. The third-order valence-corrected chi connectivity index (χ3v) is 6.78. The van der Waals surface area contributed by atoms with Gasteiger partial charge in [0.05, 0.1) is 24.1 Å². The summed E-state index contributed by atoms with van der Waals surface area (Å²) < 4.78 is 18.1. The van der Waals surface area contributed by atoms with Crippen molar-refractivity contribution in [3.05, 3.63) is 54.5 Å². The number of aromatic nitrogens is 5. The zero-order valence-corrected chi connectivity index (χ0v) is 17.5. The lowest BCUT2D eigenvalue weighted by Gasteiger charge is -2.35. The Balaban J connectivity index is 1.56. The quantitative estimate of drug-likeness (QED) is 0.509. The van der Waals surface area contributed by atoms with Crippen molar-refractivity contribution in [3.8, 4) is 11.1 Å². The van der Waals surface area contributed by atoms with Crippen LogP contribution in [0.1, 0.15) is 24.6 Å². The molecule has 0 aliphatic heterocycles. The topological polar surface area (TPSA) is 86.1 Å². The van der Waals surface area contributed by atoms with Crippen LogP contribution in [0.2, 0.25) is 0 Å². The van der Waals surface area contributed by atoms with Crippen molar-refractivity contribution in [3.63, 3.8) is 0 Å². The molecular formula is C21H22FN7S. The van der Waals surface area contributed by atoms with Crippen molar-refractivity contribution < 1.29 is 4.39 Å². The summed E-state index contributed by atoms with van der Waals surface area (Å²) >= 11 is 1.25. The van der Waals surface area contributed by atoms with Crippen LogP contribution in [0.25, 0.3) is 16.6 Å². The molecule has 4 aromatic heterocycles. The fraction of sp³-hybridized carbons (Fsp3) is 0.286. The molecule has 0 saturated heterocycles. The van der Waals surface area contributed by atoms with Gasteiger partial charge in [0.15, 0.2) is 5.82 Å². The third-order valence-electron chi connectivity index (χ3n) is 5.76. The van der Waals surface area contributed by atoms with Gasteiger partial charge in [-0.1, -0.05) is 11.8 Å². The molecule has 9 heteroatoms. The van der Waals surface area contributed by atoms with Crippen LogP contribution < -0.4 is 11.1 Å². The van der Waals surface area contributed by atoms with Crippen LogP contribution >= 0.6 is 11.8 Å². The maximum atomic E-state index is 14.2. The number of nitrogens with two attached hydrogens (primary N) is 1. The fourth-order valence-corrected chi connectivity index (χ4v) is 4.96. The standard InChI is InChI=1S/C21H22FN7S/c1-12-16(9-27-29(12)15-7-14(8-15)24-2)13-6-19(20-18(23)10-26-28(20)11-13)30-21-17(22)4-3-5-25-21/h3-6,9-11,14-15,24H,7-8,23H2,1-2H3/t14-,15+. The molecule has 1 fully saturated rings. The van der Waals surface area contributed by atoms with E-state index in [-0.39, 0.29) is 5.82 Å². The average molecular weight is 424 g/mol. The Hall–Kier alpha value is -2.91. The van der Waals surface area contributed by atoms with Gasteiger partial charge in [0.1, 0.15) is 10.5 Å². The van der Waals surface area contributed by atoms with E-state index in [1.807, 2.05) is 25.5 Å². The van der Waals surface area contributed by atoms with Crippen molar-refractivity contribution in [1.82, 2.24) is 29.7 Å². The molecule has 30 heavy (non-hydrogen) atoms. The first-order valence-corrected chi connectivity index (χ1v) is 10.6. The normalized spacial score (nSPS) is 18.6. The monoisotopic (exact) mass is 423 g/mol. The Kier molecular flexibility index (Phi) is 4.71. The first kappa shape index (κ1) is 19.1. The molecule has 0 bridgehead atoms. The highest BCUT2D eigenvalue weighted by Gasteiger charge is 2.31. The molecule has 0 amide bonds. The maximum Gasteiger partial charge on any atom is 0.155 e. The first-order chi connectivity index (χ1) is 14.5. The Morgan fingerprint density at radius 3 is 2.87 bits per heavy atom. The number of hydrogen-bond acceptors (Lipinski definition) is 6. The molecule has 3 N–H and O–H groups in total. The molecule has 0 spiro atoms. The van der Waals surface area contributed by atoms with Crippen molar-refractivity contribution in [2.24, 2.45) is 0 Å². The highest BCUT2D eigenvalue weighted by Crippen LogP contribution is 2.39. The van der Waals surface area contributed by atoms with E-state index in [9.17, 15) is 4.39 Å². The van der Waals surface area contributed by atoms with Crippen LogP contribution in [0.3, 0.4) is 0 Å². The molecule has 7 nitrogen and oxygen atoms in total. The summed E-state index contributed by atoms with van der Waals surface area (Å²) in [7, 11) is 2.00. The number of anilines is 1. The Morgan fingerprint density at radius 1 is 1.27 bits per heavy atom. The zero-order chi connectivity index (χ0) is 20.8. The number of nitrogens with one attached hydrogen (secondary N) is 1. The summed E-state index contributed by atoms with van der Waals surface area (Å²) in [5.74, 6) is -0.364. The summed E-state index contributed by atoms with van der Waals surface area (Å²) in [6, 6.07) is 5.97. The Labute approximate surface area is 177 Å². The van der Waals surface area contributed by atoms with Gasteiger partial charge in [-0.25, -0.2) is 13.9 Å². The van der Waals surface area contributed by atoms with E-state index >= 15 is 0 Å². The van der Waals surface area contributed by atoms with E-state index in [2.05, 4.69) is 32.1 Å². The van der Waals surface area contributed by atoms with Crippen molar-refractivity contribution in [2.45, 2.75) is 41.8 Å². The smallest absolute Gasteiger partial charge is 0.155 e. The minimum Gasteiger partial charge on any atom is -0.396 e. The van der Waals surface area contributed by atoms with Gasteiger partial charge >= 0.3 is 0 Å². The lowest BCUT2D eigenvalue weighted by Crippen LogP contribution is -2.40. The van der Waals surface area contributed by atoms with Gasteiger partial charge in [0, 0.05) is 40.2 Å². The molecule has 0 aromatic carbocycles. The number of hydrogen-bond donors (Lipinski definition) is 2. The molecule has 1 aliphatic rings. The molecule has 0 unspecified atom stereocenters. The molecule has 1 saturated carbocycles. The van der Waals surface area contributed by atoms with Crippen LogP contribution in [-0.4, -0.2) is 37.5 Å². The van der Waals surface area contributed by atoms with E-state index in [1.54, 1.807) is 23.0 Å². The second-order valence-electron chi connectivity index (χ2n) is 7.58. The predicted molar refractivity (Wildman–Crippen MR) is 115 cm³/mol. The summed E-state index contributed by atoms with van der Waals surface area (Å²) in [4.78, 5) is 4.97. The minimum atomic E-state index is -0.364. The number of nitrogen functional groups attached to an aromatic ring is 1. The zero-order valence-electron chi connectivity index (χ0n) is 16.7. The predicted octanol–water partition coefficient (Wildman–Crippen LogP) is 3.70. The van der Waals surface area contributed by atoms with E-state index in [1.165, 1.54) is 17.8 Å². The Bertz CT molecular complexity index is 1230. The number of fused-ring (bicyclic) bond motifs is 1. The van der Waals surface area contributed by atoms with Gasteiger partial charge in [-0.05, 0) is 45.0 Å². The molecular weight excluding hydrogens is 401 g/mol.